The molecule has 1 rings (SSSR count). The van der Waals surface area contributed by atoms with Gasteiger partial charge in [-0.3, -0.25) is 4.55 Å². The minimum Gasteiger partial charge on any atom is -0.395 e. The van der Waals surface area contributed by atoms with E-state index in [0.717, 1.165) is 5.56 Å². The fraction of sp³-hybridized carbons (Fsp3) is 0.455. The summed E-state index contributed by atoms with van der Waals surface area (Å²) in [6.45, 7) is 2.10. The van der Waals surface area contributed by atoms with E-state index >= 15 is 0 Å². The summed E-state index contributed by atoms with van der Waals surface area (Å²) in [7, 11) is -4.26. The SMILES string of the molecule is Cc1ccc(S(=O)(=O)O)cc1N(CCO)CCO. The monoisotopic (exact) mass is 275 g/mol. The zero-order valence-corrected chi connectivity index (χ0v) is 10.9. The van der Waals surface area contributed by atoms with Gasteiger partial charge in [-0.1, -0.05) is 6.07 Å². The van der Waals surface area contributed by atoms with Crippen molar-refractivity contribution in [1.29, 1.82) is 0 Å². The van der Waals surface area contributed by atoms with Crippen LogP contribution in [-0.4, -0.2) is 49.5 Å². The number of aliphatic hydroxyl groups excluding tert-OH is 2. The van der Waals surface area contributed by atoms with E-state index in [0.29, 0.717) is 5.69 Å². The largest absolute Gasteiger partial charge is 0.395 e. The number of anilines is 1. The van der Waals surface area contributed by atoms with Gasteiger partial charge in [-0.15, -0.1) is 0 Å². The Balaban J connectivity index is 3.20. The van der Waals surface area contributed by atoms with Crippen molar-refractivity contribution in [2.75, 3.05) is 31.2 Å². The predicted octanol–water partition coefficient (Wildman–Crippen LogP) is 0.0327. The van der Waals surface area contributed by atoms with Gasteiger partial charge in [0.25, 0.3) is 10.1 Å². The lowest BCUT2D eigenvalue weighted by atomic mass is 10.2. The van der Waals surface area contributed by atoms with Crippen molar-refractivity contribution >= 4 is 15.8 Å². The third kappa shape index (κ3) is 3.67. The molecule has 18 heavy (non-hydrogen) atoms. The van der Waals surface area contributed by atoms with Crippen LogP contribution in [-0.2, 0) is 10.1 Å². The lowest BCUT2D eigenvalue weighted by Gasteiger charge is -2.25. The minimum absolute atomic E-state index is 0.116. The molecular weight excluding hydrogens is 258 g/mol. The van der Waals surface area contributed by atoms with E-state index in [4.69, 9.17) is 14.8 Å². The van der Waals surface area contributed by atoms with Gasteiger partial charge in [-0.05, 0) is 24.6 Å². The maximum Gasteiger partial charge on any atom is 0.294 e. The van der Waals surface area contributed by atoms with Crippen molar-refractivity contribution in [3.8, 4) is 0 Å². The predicted molar refractivity (Wildman–Crippen MR) is 67.4 cm³/mol. The molecule has 0 aliphatic rings. The molecule has 0 heterocycles. The molecule has 3 N–H and O–H groups in total. The second-order valence-corrected chi connectivity index (χ2v) is 5.28. The molecule has 1 aromatic carbocycles. The molecule has 7 heteroatoms. The lowest BCUT2D eigenvalue weighted by molar-refractivity contribution is 0.281. The average Bonchev–Trinajstić information content (AvgIpc) is 2.28. The average molecular weight is 275 g/mol. The molecule has 0 aromatic heterocycles. The van der Waals surface area contributed by atoms with E-state index < -0.39 is 10.1 Å². The number of rotatable bonds is 6. The first kappa shape index (κ1) is 14.9. The molecule has 6 nitrogen and oxygen atoms in total. The highest BCUT2D eigenvalue weighted by Gasteiger charge is 2.14. The Morgan fingerprint density at radius 3 is 2.17 bits per heavy atom. The van der Waals surface area contributed by atoms with Crippen LogP contribution in [0.4, 0.5) is 5.69 Å². The van der Waals surface area contributed by atoms with Crippen LogP contribution in [0.1, 0.15) is 5.56 Å². The fourth-order valence-corrected chi connectivity index (χ4v) is 2.19. The van der Waals surface area contributed by atoms with Gasteiger partial charge in [0, 0.05) is 18.8 Å². The lowest BCUT2D eigenvalue weighted by Crippen LogP contribution is -2.30. The summed E-state index contributed by atoms with van der Waals surface area (Å²) >= 11 is 0. The molecular formula is C11H17NO5S. The first-order valence-corrected chi connectivity index (χ1v) is 6.89. The zero-order chi connectivity index (χ0) is 13.8. The molecule has 0 fully saturated rings. The second kappa shape index (κ2) is 6.14. The molecule has 0 bridgehead atoms. The Morgan fingerprint density at radius 1 is 1.17 bits per heavy atom. The van der Waals surface area contributed by atoms with E-state index in [-0.39, 0.29) is 31.2 Å². The zero-order valence-electron chi connectivity index (χ0n) is 10.1. The number of benzene rings is 1. The van der Waals surface area contributed by atoms with Crippen LogP contribution >= 0.6 is 0 Å². The molecule has 0 radical (unpaired) electrons. The number of hydrogen-bond acceptors (Lipinski definition) is 5. The number of nitrogens with zero attached hydrogens (tertiary/aromatic N) is 1. The van der Waals surface area contributed by atoms with E-state index in [1.165, 1.54) is 12.1 Å². The first-order chi connectivity index (χ1) is 8.40. The Kier molecular flexibility index (Phi) is 5.09. The van der Waals surface area contributed by atoms with E-state index in [1.807, 2.05) is 0 Å². The number of hydrogen-bond donors (Lipinski definition) is 3. The van der Waals surface area contributed by atoms with Gasteiger partial charge in [0.1, 0.15) is 0 Å². The van der Waals surface area contributed by atoms with E-state index in [9.17, 15) is 8.42 Å². The van der Waals surface area contributed by atoms with Crippen molar-refractivity contribution in [1.82, 2.24) is 0 Å². The van der Waals surface area contributed by atoms with Crippen molar-refractivity contribution in [2.24, 2.45) is 0 Å². The standard InChI is InChI=1S/C11H17NO5S/c1-9-2-3-10(18(15,16)17)8-11(9)12(4-6-13)5-7-14/h2-3,8,13-14H,4-7H2,1H3,(H,15,16,17). The highest BCUT2D eigenvalue weighted by Crippen LogP contribution is 2.23. The van der Waals surface area contributed by atoms with Gasteiger partial charge in [-0.2, -0.15) is 8.42 Å². The third-order valence-corrected chi connectivity index (χ3v) is 3.41. The topological polar surface area (TPSA) is 98.1 Å². The van der Waals surface area contributed by atoms with Crippen molar-refractivity contribution in [3.63, 3.8) is 0 Å². The molecule has 0 aliphatic carbocycles. The molecule has 0 saturated heterocycles. The highest BCUT2D eigenvalue weighted by atomic mass is 32.2. The summed E-state index contributed by atoms with van der Waals surface area (Å²) < 4.78 is 31.1. The van der Waals surface area contributed by atoms with E-state index in [1.54, 1.807) is 17.9 Å². The summed E-state index contributed by atoms with van der Waals surface area (Å²) in [6.07, 6.45) is 0. The van der Waals surface area contributed by atoms with Crippen LogP contribution in [0.15, 0.2) is 23.1 Å². The van der Waals surface area contributed by atoms with Gasteiger partial charge in [0.05, 0.1) is 18.1 Å². The molecule has 0 aliphatic heterocycles. The molecule has 102 valence electrons. The summed E-state index contributed by atoms with van der Waals surface area (Å²) in [6, 6.07) is 4.21. The van der Waals surface area contributed by atoms with Crippen LogP contribution in [0, 0.1) is 6.92 Å². The van der Waals surface area contributed by atoms with Gasteiger partial charge in [0.15, 0.2) is 0 Å². The van der Waals surface area contributed by atoms with Gasteiger partial charge in [-0.25, -0.2) is 0 Å². The Hall–Kier alpha value is -1.15. The number of aryl methyl sites for hydroxylation is 1. The Labute approximate surface area is 106 Å². The van der Waals surface area contributed by atoms with E-state index in [2.05, 4.69) is 0 Å². The number of aliphatic hydroxyl groups is 2. The normalized spacial score (nSPS) is 11.6. The van der Waals surface area contributed by atoms with Gasteiger partial charge in [0.2, 0.25) is 0 Å². The molecule has 0 atom stereocenters. The maximum atomic E-state index is 11.1. The van der Waals surface area contributed by atoms with Gasteiger partial charge < -0.3 is 15.1 Å². The van der Waals surface area contributed by atoms with Crippen LogP contribution < -0.4 is 4.90 Å². The second-order valence-electron chi connectivity index (χ2n) is 3.86. The quantitative estimate of drug-likeness (QED) is 0.634. The summed E-state index contributed by atoms with van der Waals surface area (Å²) in [4.78, 5) is 1.45. The minimum atomic E-state index is -4.26. The first-order valence-electron chi connectivity index (χ1n) is 5.45. The Morgan fingerprint density at radius 2 is 1.72 bits per heavy atom. The summed E-state index contributed by atoms with van der Waals surface area (Å²) in [5.41, 5.74) is 1.36. The third-order valence-electron chi connectivity index (χ3n) is 2.56. The van der Waals surface area contributed by atoms with Crippen LogP contribution in [0.25, 0.3) is 0 Å². The molecule has 0 amide bonds. The van der Waals surface area contributed by atoms with Crippen molar-refractivity contribution in [3.05, 3.63) is 23.8 Å². The molecule has 0 saturated carbocycles. The maximum absolute atomic E-state index is 11.1. The van der Waals surface area contributed by atoms with Crippen LogP contribution in [0.5, 0.6) is 0 Å². The Bertz CT molecular complexity index is 494. The summed E-state index contributed by atoms with van der Waals surface area (Å²) in [5, 5.41) is 17.9. The van der Waals surface area contributed by atoms with Gasteiger partial charge >= 0.3 is 0 Å². The van der Waals surface area contributed by atoms with Crippen molar-refractivity contribution in [2.45, 2.75) is 11.8 Å². The molecule has 1 aromatic rings. The summed E-state index contributed by atoms with van der Waals surface area (Å²) in [5.74, 6) is 0. The molecule has 0 spiro atoms. The smallest absolute Gasteiger partial charge is 0.294 e. The fourth-order valence-electron chi connectivity index (χ4n) is 1.68. The van der Waals surface area contributed by atoms with Crippen LogP contribution in [0.3, 0.4) is 0 Å². The van der Waals surface area contributed by atoms with Crippen LogP contribution in [0.2, 0.25) is 0 Å². The van der Waals surface area contributed by atoms with Crippen molar-refractivity contribution < 1.29 is 23.2 Å². The molecule has 0 unspecified atom stereocenters. The highest BCUT2D eigenvalue weighted by molar-refractivity contribution is 7.85.